The number of hydrogen-bond acceptors (Lipinski definition) is 3. The number of nitrogens with one attached hydrogen (secondary N) is 1. The fourth-order valence-electron chi connectivity index (χ4n) is 1.76. The number of sulfonamides is 1. The predicted molar refractivity (Wildman–Crippen MR) is 86.1 cm³/mol. The first-order valence-corrected chi connectivity index (χ1v) is 8.83. The van der Waals surface area contributed by atoms with Crippen LogP contribution in [-0.4, -0.2) is 38.0 Å². The maximum absolute atomic E-state index is 12.0. The number of carbonyl (C=O) groups excluding carboxylic acids is 1. The van der Waals surface area contributed by atoms with Crippen LogP contribution in [0.1, 0.15) is 19.4 Å². The SMILES string of the molecule is Cc1ccc(NC(=O)CN(CC(C)C)S(C)(=O)=O)cc1Cl. The molecule has 0 aromatic heterocycles. The summed E-state index contributed by atoms with van der Waals surface area (Å²) in [6.07, 6.45) is 1.10. The third kappa shape index (κ3) is 6.03. The fourth-order valence-corrected chi connectivity index (χ4v) is 2.86. The average Bonchev–Trinajstić information content (AvgIpc) is 2.31. The summed E-state index contributed by atoms with van der Waals surface area (Å²) in [6.45, 7) is 5.76. The fraction of sp³-hybridized carbons (Fsp3) is 0.500. The lowest BCUT2D eigenvalue weighted by Gasteiger charge is -2.21. The molecule has 0 bridgehead atoms. The summed E-state index contributed by atoms with van der Waals surface area (Å²) < 4.78 is 24.5. The third-order valence-corrected chi connectivity index (χ3v) is 4.44. The zero-order valence-corrected chi connectivity index (χ0v) is 14.3. The van der Waals surface area contributed by atoms with Crippen molar-refractivity contribution in [3.63, 3.8) is 0 Å². The second-order valence-corrected chi connectivity index (χ2v) is 7.85. The minimum atomic E-state index is -3.42. The van der Waals surface area contributed by atoms with Gasteiger partial charge in [0.2, 0.25) is 15.9 Å². The van der Waals surface area contributed by atoms with Crippen molar-refractivity contribution in [3.05, 3.63) is 28.8 Å². The molecular formula is C14H21ClN2O3S. The molecule has 7 heteroatoms. The molecule has 1 aromatic carbocycles. The standard InChI is InChI=1S/C14H21ClN2O3S/c1-10(2)8-17(21(4,19)20)9-14(18)16-12-6-5-11(3)13(15)7-12/h5-7,10H,8-9H2,1-4H3,(H,16,18). The van der Waals surface area contributed by atoms with Crippen LogP contribution in [0.15, 0.2) is 18.2 Å². The molecule has 0 atom stereocenters. The topological polar surface area (TPSA) is 66.5 Å². The van der Waals surface area contributed by atoms with Crippen molar-refractivity contribution in [2.45, 2.75) is 20.8 Å². The second kappa shape index (κ2) is 7.24. The van der Waals surface area contributed by atoms with Crippen LogP contribution in [-0.2, 0) is 14.8 Å². The predicted octanol–water partition coefficient (Wildman–Crippen LogP) is 2.50. The van der Waals surface area contributed by atoms with Gasteiger partial charge in [0.05, 0.1) is 12.8 Å². The maximum Gasteiger partial charge on any atom is 0.239 e. The van der Waals surface area contributed by atoms with Crippen LogP contribution in [0.3, 0.4) is 0 Å². The van der Waals surface area contributed by atoms with E-state index in [1.807, 2.05) is 20.8 Å². The van der Waals surface area contributed by atoms with Gasteiger partial charge >= 0.3 is 0 Å². The number of nitrogens with zero attached hydrogens (tertiary/aromatic N) is 1. The molecule has 0 radical (unpaired) electrons. The Morgan fingerprint density at radius 1 is 1.38 bits per heavy atom. The number of carbonyl (C=O) groups is 1. The van der Waals surface area contributed by atoms with Crippen molar-refractivity contribution in [2.24, 2.45) is 5.92 Å². The minimum Gasteiger partial charge on any atom is -0.325 e. The highest BCUT2D eigenvalue weighted by Gasteiger charge is 2.21. The van der Waals surface area contributed by atoms with Crippen molar-refractivity contribution in [3.8, 4) is 0 Å². The van der Waals surface area contributed by atoms with E-state index in [9.17, 15) is 13.2 Å². The lowest BCUT2D eigenvalue weighted by Crippen LogP contribution is -2.39. The van der Waals surface area contributed by atoms with Gasteiger partial charge in [-0.1, -0.05) is 31.5 Å². The molecule has 1 aromatic rings. The summed E-state index contributed by atoms with van der Waals surface area (Å²) in [7, 11) is -3.42. The van der Waals surface area contributed by atoms with Gasteiger partial charge in [-0.25, -0.2) is 8.42 Å². The number of anilines is 1. The number of aryl methyl sites for hydroxylation is 1. The van der Waals surface area contributed by atoms with Crippen LogP contribution in [0.4, 0.5) is 5.69 Å². The van der Waals surface area contributed by atoms with Crippen molar-refractivity contribution < 1.29 is 13.2 Å². The van der Waals surface area contributed by atoms with Crippen LogP contribution < -0.4 is 5.32 Å². The highest BCUT2D eigenvalue weighted by atomic mass is 35.5. The van der Waals surface area contributed by atoms with Crippen LogP contribution in [0.2, 0.25) is 5.02 Å². The summed E-state index contributed by atoms with van der Waals surface area (Å²) in [5.74, 6) is -0.248. The molecule has 21 heavy (non-hydrogen) atoms. The van der Waals surface area contributed by atoms with Gasteiger partial charge in [-0.2, -0.15) is 4.31 Å². The maximum atomic E-state index is 12.0. The van der Waals surface area contributed by atoms with Crippen LogP contribution in [0.5, 0.6) is 0 Å². The second-order valence-electron chi connectivity index (χ2n) is 5.46. The Morgan fingerprint density at radius 3 is 2.48 bits per heavy atom. The normalized spacial score (nSPS) is 12.0. The molecule has 0 aliphatic rings. The molecule has 5 nitrogen and oxygen atoms in total. The zero-order chi connectivity index (χ0) is 16.2. The summed E-state index contributed by atoms with van der Waals surface area (Å²) in [5, 5.41) is 3.21. The van der Waals surface area contributed by atoms with Crippen LogP contribution in [0, 0.1) is 12.8 Å². The van der Waals surface area contributed by atoms with Gasteiger partial charge in [0.1, 0.15) is 0 Å². The van der Waals surface area contributed by atoms with Gasteiger partial charge in [0, 0.05) is 17.3 Å². The average molecular weight is 333 g/mol. The van der Waals surface area contributed by atoms with E-state index < -0.39 is 10.0 Å². The summed E-state index contributed by atoms with van der Waals surface area (Å²) >= 11 is 5.99. The molecule has 0 unspecified atom stereocenters. The molecule has 0 fully saturated rings. The van der Waals surface area contributed by atoms with Crippen molar-refractivity contribution >= 4 is 33.2 Å². The van der Waals surface area contributed by atoms with Crippen molar-refractivity contribution in [2.75, 3.05) is 24.7 Å². The number of benzene rings is 1. The molecule has 1 rings (SSSR count). The van der Waals surface area contributed by atoms with E-state index in [0.717, 1.165) is 11.8 Å². The highest BCUT2D eigenvalue weighted by molar-refractivity contribution is 7.88. The van der Waals surface area contributed by atoms with E-state index in [-0.39, 0.29) is 18.4 Å². The summed E-state index contributed by atoms with van der Waals surface area (Å²) in [5.41, 5.74) is 1.46. The molecule has 0 aliphatic heterocycles. The van der Waals surface area contributed by atoms with Gasteiger partial charge in [0.15, 0.2) is 0 Å². The van der Waals surface area contributed by atoms with E-state index in [1.54, 1.807) is 18.2 Å². The first kappa shape index (κ1) is 17.9. The molecule has 0 saturated heterocycles. The van der Waals surface area contributed by atoms with Crippen LogP contribution >= 0.6 is 11.6 Å². The van der Waals surface area contributed by atoms with E-state index in [1.165, 1.54) is 4.31 Å². The van der Waals surface area contributed by atoms with Crippen molar-refractivity contribution in [1.82, 2.24) is 4.31 Å². The quantitative estimate of drug-likeness (QED) is 0.870. The Balaban J connectivity index is 2.76. The molecular weight excluding hydrogens is 312 g/mol. The molecule has 118 valence electrons. The molecule has 0 heterocycles. The molecule has 1 N–H and O–H groups in total. The molecule has 0 spiro atoms. The van der Waals surface area contributed by atoms with Gasteiger partial charge in [-0.05, 0) is 30.5 Å². The smallest absolute Gasteiger partial charge is 0.239 e. The van der Waals surface area contributed by atoms with Gasteiger partial charge in [-0.15, -0.1) is 0 Å². The number of rotatable bonds is 6. The molecule has 0 saturated carbocycles. The van der Waals surface area contributed by atoms with Gasteiger partial charge in [0.25, 0.3) is 0 Å². The number of amides is 1. The van der Waals surface area contributed by atoms with E-state index >= 15 is 0 Å². The minimum absolute atomic E-state index is 0.140. The Morgan fingerprint density at radius 2 is 2.00 bits per heavy atom. The zero-order valence-electron chi connectivity index (χ0n) is 12.7. The summed E-state index contributed by atoms with van der Waals surface area (Å²) in [4.78, 5) is 12.0. The van der Waals surface area contributed by atoms with Crippen molar-refractivity contribution in [1.29, 1.82) is 0 Å². The Bertz CT molecular complexity index is 615. The first-order valence-electron chi connectivity index (χ1n) is 6.60. The van der Waals surface area contributed by atoms with Gasteiger partial charge in [-0.3, -0.25) is 4.79 Å². The lowest BCUT2D eigenvalue weighted by molar-refractivity contribution is -0.116. The first-order chi connectivity index (χ1) is 9.59. The number of halogens is 1. The lowest BCUT2D eigenvalue weighted by atomic mass is 10.2. The Kier molecular flexibility index (Phi) is 6.19. The third-order valence-electron chi connectivity index (χ3n) is 2.81. The largest absolute Gasteiger partial charge is 0.325 e. The molecule has 1 amide bonds. The Labute approximate surface area is 131 Å². The van der Waals surface area contributed by atoms with E-state index in [2.05, 4.69) is 5.32 Å². The van der Waals surface area contributed by atoms with E-state index in [4.69, 9.17) is 11.6 Å². The number of hydrogen-bond donors (Lipinski definition) is 1. The summed E-state index contributed by atoms with van der Waals surface area (Å²) in [6, 6.07) is 5.16. The molecule has 0 aliphatic carbocycles. The monoisotopic (exact) mass is 332 g/mol. The van der Waals surface area contributed by atoms with E-state index in [0.29, 0.717) is 17.3 Å². The van der Waals surface area contributed by atoms with Gasteiger partial charge < -0.3 is 5.32 Å². The highest BCUT2D eigenvalue weighted by Crippen LogP contribution is 2.20. The Hall–Kier alpha value is -1.11. The van der Waals surface area contributed by atoms with Crippen LogP contribution in [0.25, 0.3) is 0 Å².